The van der Waals surface area contributed by atoms with Gasteiger partial charge in [0.15, 0.2) is 0 Å². The molecule has 0 unspecified atom stereocenters. The molecule has 2 aromatic rings. The third-order valence-electron chi connectivity index (χ3n) is 2.95. The first-order chi connectivity index (χ1) is 8.74. The van der Waals surface area contributed by atoms with Crippen LogP contribution in [0.1, 0.15) is 17.2 Å². The molecule has 0 aromatic heterocycles. The molecule has 5 N–H and O–H groups in total. The molecule has 102 valence electrons. The van der Waals surface area contributed by atoms with Crippen molar-refractivity contribution in [3.8, 4) is 11.5 Å². The van der Waals surface area contributed by atoms with E-state index in [0.29, 0.717) is 0 Å². The lowest BCUT2D eigenvalue weighted by atomic mass is 9.99. The van der Waals surface area contributed by atoms with E-state index in [1.807, 2.05) is 48.5 Å². The van der Waals surface area contributed by atoms with Gasteiger partial charge in [0.05, 0.1) is 20.3 Å². The van der Waals surface area contributed by atoms with Crippen LogP contribution in [0.25, 0.3) is 0 Å². The van der Waals surface area contributed by atoms with Gasteiger partial charge in [0.1, 0.15) is 11.5 Å². The van der Waals surface area contributed by atoms with Crippen LogP contribution in [-0.4, -0.2) is 14.2 Å². The second-order valence-electron chi connectivity index (χ2n) is 4.02. The lowest BCUT2D eigenvalue weighted by Crippen LogP contribution is -2.11. The monoisotopic (exact) mass is 260 g/mol. The van der Waals surface area contributed by atoms with Gasteiger partial charge in [-0.1, -0.05) is 24.3 Å². The molecule has 0 bridgehead atoms. The zero-order chi connectivity index (χ0) is 13.0. The fourth-order valence-electron chi connectivity index (χ4n) is 1.81. The quantitative estimate of drug-likeness (QED) is 0.885. The van der Waals surface area contributed by atoms with Gasteiger partial charge in [0, 0.05) is 0 Å². The Bertz CT molecular complexity index is 447. The van der Waals surface area contributed by atoms with Crippen LogP contribution in [0, 0.1) is 0 Å². The molecule has 2 rings (SSSR count). The van der Waals surface area contributed by atoms with Gasteiger partial charge in [0.25, 0.3) is 0 Å². The summed E-state index contributed by atoms with van der Waals surface area (Å²) in [6, 6.07) is 15.4. The lowest BCUT2D eigenvalue weighted by molar-refractivity contribution is 0.414. The summed E-state index contributed by atoms with van der Waals surface area (Å²) in [7, 11) is 3.30. The van der Waals surface area contributed by atoms with Crippen molar-refractivity contribution >= 4 is 0 Å². The minimum Gasteiger partial charge on any atom is -0.497 e. The molecule has 0 atom stereocenters. The van der Waals surface area contributed by atoms with Gasteiger partial charge in [-0.3, -0.25) is 0 Å². The van der Waals surface area contributed by atoms with E-state index in [1.165, 1.54) is 0 Å². The van der Waals surface area contributed by atoms with Gasteiger partial charge >= 0.3 is 0 Å². The summed E-state index contributed by atoms with van der Waals surface area (Å²) in [5.74, 6) is 1.67. The molecule has 0 radical (unpaired) electrons. The molecule has 0 heterocycles. The van der Waals surface area contributed by atoms with Crippen LogP contribution in [0.5, 0.6) is 11.5 Å². The first kappa shape index (κ1) is 15.0. The number of benzene rings is 2. The second-order valence-corrected chi connectivity index (χ2v) is 4.02. The van der Waals surface area contributed by atoms with Crippen LogP contribution in [-0.2, 0) is 0 Å². The van der Waals surface area contributed by atoms with Gasteiger partial charge in [-0.25, -0.2) is 0 Å². The molecule has 4 nitrogen and oxygen atoms in total. The molecule has 0 saturated heterocycles. The van der Waals surface area contributed by atoms with Crippen molar-refractivity contribution in [1.82, 2.24) is 6.15 Å². The van der Waals surface area contributed by atoms with E-state index in [2.05, 4.69) is 0 Å². The first-order valence-electron chi connectivity index (χ1n) is 5.78. The van der Waals surface area contributed by atoms with Crippen LogP contribution >= 0.6 is 0 Å². The highest BCUT2D eigenvalue weighted by atomic mass is 16.5. The number of nitrogens with two attached hydrogens (primary N) is 1. The maximum absolute atomic E-state index is 6.22. The average molecular weight is 260 g/mol. The number of methoxy groups -OCH3 is 2. The predicted molar refractivity (Wildman–Crippen MR) is 77.0 cm³/mol. The van der Waals surface area contributed by atoms with Crippen LogP contribution in [0.4, 0.5) is 0 Å². The molecule has 4 heteroatoms. The van der Waals surface area contributed by atoms with E-state index in [4.69, 9.17) is 15.2 Å². The van der Waals surface area contributed by atoms with Crippen molar-refractivity contribution in [3.05, 3.63) is 59.7 Å². The van der Waals surface area contributed by atoms with Gasteiger partial charge in [0.2, 0.25) is 0 Å². The molecule has 19 heavy (non-hydrogen) atoms. The maximum Gasteiger partial charge on any atom is 0.118 e. The minimum atomic E-state index is -0.137. The van der Waals surface area contributed by atoms with Gasteiger partial charge in [-0.2, -0.15) is 0 Å². The zero-order valence-electron chi connectivity index (χ0n) is 11.3. The van der Waals surface area contributed by atoms with Crippen molar-refractivity contribution in [2.45, 2.75) is 6.04 Å². The van der Waals surface area contributed by atoms with Gasteiger partial charge in [-0.15, -0.1) is 0 Å². The maximum atomic E-state index is 6.22. The molecule has 0 saturated carbocycles. The highest BCUT2D eigenvalue weighted by Crippen LogP contribution is 2.23. The molecule has 0 aliphatic rings. The predicted octanol–water partition coefficient (Wildman–Crippen LogP) is 2.91. The number of hydrogen-bond acceptors (Lipinski definition) is 4. The molecule has 0 fully saturated rings. The smallest absolute Gasteiger partial charge is 0.118 e. The minimum absolute atomic E-state index is 0. The summed E-state index contributed by atoms with van der Waals surface area (Å²) in [6.07, 6.45) is 0. The Morgan fingerprint density at radius 3 is 1.32 bits per heavy atom. The molecule has 0 amide bonds. The molecule has 0 aliphatic heterocycles. The van der Waals surface area contributed by atoms with Gasteiger partial charge in [-0.05, 0) is 35.4 Å². The fraction of sp³-hybridized carbons (Fsp3) is 0.200. The summed E-state index contributed by atoms with van der Waals surface area (Å²) in [5.41, 5.74) is 8.33. The van der Waals surface area contributed by atoms with Crippen molar-refractivity contribution < 1.29 is 9.47 Å². The SMILES string of the molecule is COc1ccc(C(N)c2ccc(OC)cc2)cc1.N. The van der Waals surface area contributed by atoms with Crippen molar-refractivity contribution in [3.63, 3.8) is 0 Å². The Kier molecular flexibility index (Phi) is 5.36. The van der Waals surface area contributed by atoms with Gasteiger partial charge < -0.3 is 21.4 Å². The Hall–Kier alpha value is -2.04. The Labute approximate surface area is 113 Å². The molecule has 2 aromatic carbocycles. The Morgan fingerprint density at radius 1 is 0.737 bits per heavy atom. The van der Waals surface area contributed by atoms with Crippen molar-refractivity contribution in [1.29, 1.82) is 0 Å². The third-order valence-corrected chi connectivity index (χ3v) is 2.95. The third kappa shape index (κ3) is 3.47. The van der Waals surface area contributed by atoms with Crippen LogP contribution in [0.2, 0.25) is 0 Å². The van der Waals surface area contributed by atoms with E-state index in [0.717, 1.165) is 22.6 Å². The molecular weight excluding hydrogens is 240 g/mol. The molecular formula is C15H20N2O2. The summed E-state index contributed by atoms with van der Waals surface area (Å²) in [6.45, 7) is 0. The molecule has 0 spiro atoms. The average Bonchev–Trinajstić information content (AvgIpc) is 2.47. The Morgan fingerprint density at radius 2 is 1.05 bits per heavy atom. The van der Waals surface area contributed by atoms with Crippen LogP contribution in [0.3, 0.4) is 0 Å². The first-order valence-corrected chi connectivity index (χ1v) is 5.78. The summed E-state index contributed by atoms with van der Waals surface area (Å²) in [4.78, 5) is 0. The van der Waals surface area contributed by atoms with Crippen LogP contribution in [0.15, 0.2) is 48.5 Å². The van der Waals surface area contributed by atoms with E-state index in [9.17, 15) is 0 Å². The Balaban J connectivity index is 0.00000180. The largest absolute Gasteiger partial charge is 0.497 e. The zero-order valence-corrected chi connectivity index (χ0v) is 11.3. The number of rotatable bonds is 4. The van der Waals surface area contributed by atoms with E-state index >= 15 is 0 Å². The summed E-state index contributed by atoms with van der Waals surface area (Å²) < 4.78 is 10.3. The summed E-state index contributed by atoms with van der Waals surface area (Å²) >= 11 is 0. The highest BCUT2D eigenvalue weighted by molar-refractivity contribution is 5.37. The van der Waals surface area contributed by atoms with E-state index < -0.39 is 0 Å². The van der Waals surface area contributed by atoms with Crippen molar-refractivity contribution in [2.24, 2.45) is 5.73 Å². The molecule has 0 aliphatic carbocycles. The number of ether oxygens (including phenoxy) is 2. The van der Waals surface area contributed by atoms with Crippen molar-refractivity contribution in [2.75, 3.05) is 14.2 Å². The standard InChI is InChI=1S/C15H17NO2.H3N/c1-17-13-7-3-11(4-8-13)15(16)12-5-9-14(18-2)10-6-12;/h3-10,15H,16H2,1-2H3;1H3. The topological polar surface area (TPSA) is 79.5 Å². The number of hydrogen-bond donors (Lipinski definition) is 2. The van der Waals surface area contributed by atoms with Crippen LogP contribution < -0.4 is 21.4 Å². The summed E-state index contributed by atoms with van der Waals surface area (Å²) in [5, 5.41) is 0. The fourth-order valence-corrected chi connectivity index (χ4v) is 1.81. The normalized spacial score (nSPS) is 9.89. The second kappa shape index (κ2) is 6.78. The van der Waals surface area contributed by atoms with E-state index in [1.54, 1.807) is 14.2 Å². The van der Waals surface area contributed by atoms with E-state index in [-0.39, 0.29) is 12.2 Å². The highest BCUT2D eigenvalue weighted by Gasteiger charge is 2.08. The lowest BCUT2D eigenvalue weighted by Gasteiger charge is -2.13.